The van der Waals surface area contributed by atoms with Crippen molar-refractivity contribution in [1.82, 2.24) is 4.57 Å². The molecule has 140 valence electrons. The van der Waals surface area contributed by atoms with Gasteiger partial charge in [0, 0.05) is 23.0 Å². The molecule has 3 aromatic rings. The highest BCUT2D eigenvalue weighted by Gasteiger charge is 2.42. The molecular formula is C23H25BrN2S. The zero-order chi connectivity index (χ0) is 18.0. The molecule has 27 heavy (non-hydrogen) atoms. The average Bonchev–Trinajstić information content (AvgIpc) is 3.02. The molecule has 0 spiro atoms. The molecule has 1 heterocycles. The Morgan fingerprint density at radius 1 is 1.07 bits per heavy atom. The normalized spacial score (nSPS) is 15.8. The van der Waals surface area contributed by atoms with Crippen LogP contribution in [-0.4, -0.2) is 11.1 Å². The van der Waals surface area contributed by atoms with E-state index in [1.807, 2.05) is 12.2 Å². The van der Waals surface area contributed by atoms with Crippen LogP contribution in [0.15, 0.2) is 78.1 Å². The summed E-state index contributed by atoms with van der Waals surface area (Å²) in [6.45, 7) is 9.20. The third-order valence-electron chi connectivity index (χ3n) is 5.46. The highest BCUT2D eigenvalue weighted by atomic mass is 79.9. The number of hydrogen-bond donors (Lipinski definition) is 0. The fourth-order valence-corrected chi connectivity index (χ4v) is 5.01. The van der Waals surface area contributed by atoms with Crippen LogP contribution in [0.5, 0.6) is 0 Å². The van der Waals surface area contributed by atoms with Gasteiger partial charge >= 0.3 is 0 Å². The van der Waals surface area contributed by atoms with Gasteiger partial charge in [-0.15, -0.1) is 41.5 Å². The van der Waals surface area contributed by atoms with Crippen molar-refractivity contribution in [3.8, 4) is 0 Å². The molecular weight excluding hydrogens is 416 g/mol. The highest BCUT2D eigenvalue weighted by molar-refractivity contribution is 8.93. The molecule has 0 unspecified atom stereocenters. The number of aromatic nitrogens is 1. The average molecular weight is 441 g/mol. The fraction of sp³-hybridized carbons (Fsp3) is 0.261. The quantitative estimate of drug-likeness (QED) is 0.416. The summed E-state index contributed by atoms with van der Waals surface area (Å²) in [5.74, 6) is 0. The van der Waals surface area contributed by atoms with Crippen LogP contribution in [0, 0.1) is 0 Å². The number of fused-ring (bicyclic) bond motifs is 1. The molecule has 0 bridgehead atoms. The SMILES string of the molecule is Br.C=CCN=c1scc(C2(c3ccc4ccccc4c3)CCC2)n1CC=C. The van der Waals surface area contributed by atoms with Crippen molar-refractivity contribution in [3.63, 3.8) is 0 Å². The first-order valence-corrected chi connectivity index (χ1v) is 10.1. The van der Waals surface area contributed by atoms with Crippen LogP contribution < -0.4 is 4.80 Å². The third-order valence-corrected chi connectivity index (χ3v) is 6.37. The molecule has 1 fully saturated rings. The predicted octanol–water partition coefficient (Wildman–Crippen LogP) is 6.02. The first-order valence-electron chi connectivity index (χ1n) is 9.19. The Balaban J connectivity index is 0.00000210. The fourth-order valence-electron chi connectivity index (χ4n) is 3.99. The van der Waals surface area contributed by atoms with Crippen LogP contribution in [-0.2, 0) is 12.0 Å². The van der Waals surface area contributed by atoms with Crippen LogP contribution in [0.1, 0.15) is 30.5 Å². The van der Waals surface area contributed by atoms with E-state index < -0.39 is 0 Å². The van der Waals surface area contributed by atoms with Gasteiger partial charge in [-0.1, -0.05) is 61.0 Å². The van der Waals surface area contributed by atoms with Crippen LogP contribution in [0.25, 0.3) is 10.8 Å². The number of halogens is 1. The summed E-state index contributed by atoms with van der Waals surface area (Å²) < 4.78 is 2.34. The number of nitrogens with zero attached hydrogens (tertiary/aromatic N) is 2. The molecule has 0 N–H and O–H groups in total. The lowest BCUT2D eigenvalue weighted by molar-refractivity contribution is 0.285. The van der Waals surface area contributed by atoms with Gasteiger partial charge in [-0.25, -0.2) is 0 Å². The van der Waals surface area contributed by atoms with Crippen LogP contribution >= 0.6 is 28.3 Å². The Labute approximate surface area is 175 Å². The van der Waals surface area contributed by atoms with Crippen molar-refractivity contribution in [2.75, 3.05) is 6.54 Å². The zero-order valence-corrected chi connectivity index (χ0v) is 18.0. The Morgan fingerprint density at radius 2 is 1.85 bits per heavy atom. The topological polar surface area (TPSA) is 17.3 Å². The Morgan fingerprint density at radius 3 is 2.52 bits per heavy atom. The van der Waals surface area contributed by atoms with E-state index in [0.717, 1.165) is 11.3 Å². The van der Waals surface area contributed by atoms with E-state index in [4.69, 9.17) is 4.99 Å². The molecule has 2 nitrogen and oxygen atoms in total. The molecule has 0 saturated heterocycles. The standard InChI is InChI=1S/C23H24N2S.BrH/c1-3-14-24-22-25(15-4-2)21(17-26-22)23(12-7-13-23)20-11-10-18-8-5-6-9-19(18)16-20;/h3-6,8-11,16-17H,1-2,7,12-15H2;1H. The molecule has 1 aromatic heterocycles. The van der Waals surface area contributed by atoms with Gasteiger partial charge in [0.1, 0.15) is 0 Å². The maximum absolute atomic E-state index is 4.70. The number of rotatable bonds is 6. The molecule has 4 rings (SSSR count). The molecule has 1 aliphatic carbocycles. The van der Waals surface area contributed by atoms with Crippen molar-refractivity contribution >= 4 is 39.1 Å². The van der Waals surface area contributed by atoms with Crippen LogP contribution in [0.4, 0.5) is 0 Å². The molecule has 0 radical (unpaired) electrons. The predicted molar refractivity (Wildman–Crippen MR) is 122 cm³/mol. The maximum Gasteiger partial charge on any atom is 0.185 e. The van der Waals surface area contributed by atoms with Gasteiger partial charge in [0.25, 0.3) is 0 Å². The van der Waals surface area contributed by atoms with Crippen LogP contribution in [0.3, 0.4) is 0 Å². The minimum atomic E-state index is 0. The van der Waals surface area contributed by atoms with Crippen LogP contribution in [0.2, 0.25) is 0 Å². The van der Waals surface area contributed by atoms with E-state index >= 15 is 0 Å². The summed E-state index contributed by atoms with van der Waals surface area (Å²) >= 11 is 1.73. The van der Waals surface area contributed by atoms with Gasteiger partial charge in [-0.3, -0.25) is 4.99 Å². The molecule has 1 saturated carbocycles. The molecule has 2 aromatic carbocycles. The van der Waals surface area contributed by atoms with E-state index in [-0.39, 0.29) is 22.4 Å². The monoisotopic (exact) mass is 440 g/mol. The van der Waals surface area contributed by atoms with Gasteiger partial charge in [-0.05, 0) is 29.2 Å². The van der Waals surface area contributed by atoms with E-state index in [0.29, 0.717) is 6.54 Å². The Bertz CT molecular complexity index is 1020. The lowest BCUT2D eigenvalue weighted by Crippen LogP contribution is -2.39. The zero-order valence-electron chi connectivity index (χ0n) is 15.4. The number of thiazole rings is 1. The van der Waals surface area contributed by atoms with E-state index in [2.05, 4.69) is 65.6 Å². The Kier molecular flexibility index (Phi) is 6.18. The van der Waals surface area contributed by atoms with Gasteiger partial charge in [0.2, 0.25) is 0 Å². The van der Waals surface area contributed by atoms with Crippen molar-refractivity contribution < 1.29 is 0 Å². The molecule has 0 aliphatic heterocycles. The second kappa shape index (κ2) is 8.41. The number of benzene rings is 2. The summed E-state index contributed by atoms with van der Waals surface area (Å²) in [7, 11) is 0. The van der Waals surface area contributed by atoms with E-state index in [1.54, 1.807) is 11.3 Å². The molecule has 4 heteroatoms. The second-order valence-electron chi connectivity index (χ2n) is 6.93. The van der Waals surface area contributed by atoms with Crippen molar-refractivity contribution in [2.24, 2.45) is 4.99 Å². The third kappa shape index (κ3) is 3.48. The van der Waals surface area contributed by atoms with Gasteiger partial charge in [-0.2, -0.15) is 0 Å². The highest BCUT2D eigenvalue weighted by Crippen LogP contribution is 2.49. The molecule has 1 aliphatic rings. The summed E-state index contributed by atoms with van der Waals surface area (Å²) in [5.41, 5.74) is 2.91. The van der Waals surface area contributed by atoms with E-state index in [1.165, 1.54) is 41.3 Å². The van der Waals surface area contributed by atoms with Gasteiger partial charge in [0.05, 0.1) is 6.54 Å². The van der Waals surface area contributed by atoms with Crippen molar-refractivity contribution in [2.45, 2.75) is 31.2 Å². The minimum absolute atomic E-state index is 0. The van der Waals surface area contributed by atoms with Crippen molar-refractivity contribution in [1.29, 1.82) is 0 Å². The van der Waals surface area contributed by atoms with Gasteiger partial charge in [0.15, 0.2) is 4.80 Å². The molecule has 0 atom stereocenters. The maximum atomic E-state index is 4.70. The minimum Gasteiger partial charge on any atom is -0.316 e. The number of allylic oxidation sites excluding steroid dienone is 1. The smallest absolute Gasteiger partial charge is 0.185 e. The second-order valence-corrected chi connectivity index (χ2v) is 7.77. The summed E-state index contributed by atoms with van der Waals surface area (Å²) in [4.78, 5) is 5.76. The Hall–Kier alpha value is -1.91. The number of hydrogen-bond acceptors (Lipinski definition) is 2. The lowest BCUT2D eigenvalue weighted by atomic mass is 9.62. The van der Waals surface area contributed by atoms with E-state index in [9.17, 15) is 0 Å². The largest absolute Gasteiger partial charge is 0.316 e. The first-order chi connectivity index (χ1) is 12.8. The summed E-state index contributed by atoms with van der Waals surface area (Å²) in [5, 5.41) is 4.93. The molecule has 0 amide bonds. The first kappa shape index (κ1) is 19.8. The summed E-state index contributed by atoms with van der Waals surface area (Å²) in [6.07, 6.45) is 7.48. The lowest BCUT2D eigenvalue weighted by Gasteiger charge is -2.43. The van der Waals surface area contributed by atoms with Gasteiger partial charge < -0.3 is 4.57 Å². The van der Waals surface area contributed by atoms with Crippen molar-refractivity contribution in [3.05, 3.63) is 89.2 Å². The summed E-state index contributed by atoms with van der Waals surface area (Å²) in [6, 6.07) is 15.6.